The molecule has 1 aromatic carbocycles. The Kier molecular flexibility index (Phi) is 3.65. The van der Waals surface area contributed by atoms with Crippen LogP contribution in [0.2, 0.25) is 0 Å². The summed E-state index contributed by atoms with van der Waals surface area (Å²) in [6, 6.07) is 6.04. The fourth-order valence-electron chi connectivity index (χ4n) is 1.83. The summed E-state index contributed by atoms with van der Waals surface area (Å²) in [7, 11) is 0. The van der Waals surface area contributed by atoms with Crippen molar-refractivity contribution in [2.24, 2.45) is 0 Å². The fraction of sp³-hybridized carbons (Fsp3) is 0.308. The van der Waals surface area contributed by atoms with Crippen molar-refractivity contribution in [3.63, 3.8) is 0 Å². The molecule has 0 radical (unpaired) electrons. The number of benzene rings is 1. The first-order chi connectivity index (χ1) is 8.24. The van der Waals surface area contributed by atoms with Gasteiger partial charge < -0.3 is 15.6 Å². The molecule has 0 amide bonds. The topological polar surface area (TPSA) is 55.9 Å². The van der Waals surface area contributed by atoms with Crippen molar-refractivity contribution >= 4 is 11.4 Å². The predicted molar refractivity (Wildman–Crippen MR) is 70.9 cm³/mol. The maximum atomic E-state index is 5.79. The smallest absolute Gasteiger partial charge is 0.0945 e. The van der Waals surface area contributed by atoms with Gasteiger partial charge in [0.25, 0.3) is 0 Å². The van der Waals surface area contributed by atoms with E-state index in [-0.39, 0.29) is 0 Å². The minimum Gasteiger partial charge on any atom is -0.399 e. The summed E-state index contributed by atoms with van der Waals surface area (Å²) in [6.07, 6.45) is 6.67. The highest BCUT2D eigenvalue weighted by molar-refractivity contribution is 5.56. The number of hydrogen-bond donors (Lipinski definition) is 2. The van der Waals surface area contributed by atoms with Gasteiger partial charge in [0, 0.05) is 36.9 Å². The first kappa shape index (κ1) is 11.5. The Bertz CT molecular complexity index is 442. The van der Waals surface area contributed by atoms with E-state index in [4.69, 9.17) is 5.73 Å². The van der Waals surface area contributed by atoms with E-state index in [9.17, 15) is 0 Å². The summed E-state index contributed by atoms with van der Waals surface area (Å²) in [5.74, 6) is 0. The number of rotatable bonds is 5. The molecule has 0 fully saturated rings. The van der Waals surface area contributed by atoms with E-state index in [0.717, 1.165) is 30.9 Å². The van der Waals surface area contributed by atoms with Crippen LogP contribution in [0.3, 0.4) is 0 Å². The number of nitrogens with one attached hydrogen (secondary N) is 1. The maximum Gasteiger partial charge on any atom is 0.0945 e. The SMILES string of the molecule is Cc1cc(N)cc(NCCCn2ccnc2)c1. The summed E-state index contributed by atoms with van der Waals surface area (Å²) >= 11 is 0. The molecule has 4 heteroatoms. The minimum absolute atomic E-state index is 0.808. The van der Waals surface area contributed by atoms with E-state index in [0.29, 0.717) is 0 Å². The molecular weight excluding hydrogens is 212 g/mol. The molecule has 0 aliphatic carbocycles. The highest BCUT2D eigenvalue weighted by Crippen LogP contribution is 2.15. The zero-order valence-electron chi connectivity index (χ0n) is 10.1. The number of nitrogen functional groups attached to an aromatic ring is 1. The van der Waals surface area contributed by atoms with Gasteiger partial charge >= 0.3 is 0 Å². The number of imidazole rings is 1. The quantitative estimate of drug-likeness (QED) is 0.612. The van der Waals surface area contributed by atoms with Gasteiger partial charge in [0.1, 0.15) is 0 Å². The predicted octanol–water partition coefficient (Wildman–Crippen LogP) is 2.28. The van der Waals surface area contributed by atoms with E-state index in [1.807, 2.05) is 31.6 Å². The lowest BCUT2D eigenvalue weighted by Gasteiger charge is -2.08. The number of nitrogens with two attached hydrogens (primary N) is 1. The van der Waals surface area contributed by atoms with Crippen LogP contribution in [-0.4, -0.2) is 16.1 Å². The lowest BCUT2D eigenvalue weighted by Crippen LogP contribution is -2.06. The second kappa shape index (κ2) is 5.39. The second-order valence-electron chi connectivity index (χ2n) is 4.21. The molecule has 90 valence electrons. The summed E-state index contributed by atoms with van der Waals surface area (Å²) in [6.45, 7) is 3.96. The van der Waals surface area contributed by atoms with E-state index >= 15 is 0 Å². The van der Waals surface area contributed by atoms with Crippen LogP contribution in [-0.2, 0) is 6.54 Å². The third-order valence-corrected chi connectivity index (χ3v) is 2.58. The highest BCUT2D eigenvalue weighted by atomic mass is 15.0. The lowest BCUT2D eigenvalue weighted by atomic mass is 10.2. The first-order valence-electron chi connectivity index (χ1n) is 5.81. The Morgan fingerprint density at radius 2 is 2.24 bits per heavy atom. The molecule has 0 aliphatic rings. The van der Waals surface area contributed by atoms with Gasteiger partial charge in [-0.05, 0) is 37.1 Å². The van der Waals surface area contributed by atoms with Gasteiger partial charge in [0.15, 0.2) is 0 Å². The minimum atomic E-state index is 0.808. The van der Waals surface area contributed by atoms with Gasteiger partial charge in [-0.2, -0.15) is 0 Å². The molecule has 0 spiro atoms. The van der Waals surface area contributed by atoms with Crippen LogP contribution in [0, 0.1) is 6.92 Å². The summed E-state index contributed by atoms with van der Waals surface area (Å²) in [5.41, 5.74) is 8.87. The van der Waals surface area contributed by atoms with Crippen molar-refractivity contribution in [1.29, 1.82) is 0 Å². The number of hydrogen-bond acceptors (Lipinski definition) is 3. The van der Waals surface area contributed by atoms with Crippen molar-refractivity contribution in [1.82, 2.24) is 9.55 Å². The zero-order chi connectivity index (χ0) is 12.1. The van der Waals surface area contributed by atoms with Crippen molar-refractivity contribution in [2.75, 3.05) is 17.6 Å². The monoisotopic (exact) mass is 230 g/mol. The Morgan fingerprint density at radius 3 is 2.94 bits per heavy atom. The lowest BCUT2D eigenvalue weighted by molar-refractivity contribution is 0.661. The Hall–Kier alpha value is -1.97. The zero-order valence-corrected chi connectivity index (χ0v) is 10.1. The molecule has 0 bridgehead atoms. The van der Waals surface area contributed by atoms with Crippen molar-refractivity contribution in [3.05, 3.63) is 42.5 Å². The number of nitrogens with zero attached hydrogens (tertiary/aromatic N) is 2. The Morgan fingerprint density at radius 1 is 1.35 bits per heavy atom. The summed E-state index contributed by atoms with van der Waals surface area (Å²) < 4.78 is 2.08. The molecule has 0 unspecified atom stereocenters. The summed E-state index contributed by atoms with van der Waals surface area (Å²) in [4.78, 5) is 4.01. The van der Waals surface area contributed by atoms with Crippen molar-refractivity contribution in [2.45, 2.75) is 19.9 Å². The molecular formula is C13H18N4. The number of anilines is 2. The molecule has 0 atom stereocenters. The molecule has 1 heterocycles. The van der Waals surface area contributed by atoms with Gasteiger partial charge in [-0.3, -0.25) is 0 Å². The summed E-state index contributed by atoms with van der Waals surface area (Å²) in [5, 5.41) is 3.38. The average Bonchev–Trinajstić information content (AvgIpc) is 2.76. The third-order valence-electron chi connectivity index (χ3n) is 2.58. The Balaban J connectivity index is 1.78. The number of aromatic nitrogens is 2. The van der Waals surface area contributed by atoms with Gasteiger partial charge in [-0.1, -0.05) is 0 Å². The molecule has 2 aromatic rings. The van der Waals surface area contributed by atoms with Gasteiger partial charge in [-0.25, -0.2) is 4.98 Å². The molecule has 0 saturated heterocycles. The van der Waals surface area contributed by atoms with Gasteiger partial charge in [0.05, 0.1) is 6.33 Å². The normalized spacial score (nSPS) is 10.4. The fourth-order valence-corrected chi connectivity index (χ4v) is 1.83. The standard InChI is InChI=1S/C13H18N4/c1-11-7-12(14)9-13(8-11)16-3-2-5-17-6-4-15-10-17/h4,6-10,16H,2-3,5,14H2,1H3. The van der Waals surface area contributed by atoms with Crippen LogP contribution < -0.4 is 11.1 Å². The molecule has 0 aliphatic heterocycles. The highest BCUT2D eigenvalue weighted by Gasteiger charge is 1.96. The van der Waals surface area contributed by atoms with Gasteiger partial charge in [0.2, 0.25) is 0 Å². The van der Waals surface area contributed by atoms with Crippen LogP contribution in [0.4, 0.5) is 11.4 Å². The largest absolute Gasteiger partial charge is 0.399 e. The third kappa shape index (κ3) is 3.52. The van der Waals surface area contributed by atoms with E-state index in [1.165, 1.54) is 5.56 Å². The molecule has 2 rings (SSSR count). The van der Waals surface area contributed by atoms with E-state index in [1.54, 1.807) is 6.20 Å². The van der Waals surface area contributed by atoms with Crippen LogP contribution in [0.5, 0.6) is 0 Å². The van der Waals surface area contributed by atoms with Crippen LogP contribution in [0.15, 0.2) is 36.9 Å². The van der Waals surface area contributed by atoms with Crippen molar-refractivity contribution < 1.29 is 0 Å². The second-order valence-corrected chi connectivity index (χ2v) is 4.21. The van der Waals surface area contributed by atoms with E-state index < -0.39 is 0 Å². The Labute approximate surface area is 101 Å². The molecule has 1 aromatic heterocycles. The van der Waals surface area contributed by atoms with Crippen LogP contribution in [0.1, 0.15) is 12.0 Å². The molecule has 4 nitrogen and oxygen atoms in total. The first-order valence-corrected chi connectivity index (χ1v) is 5.81. The van der Waals surface area contributed by atoms with Crippen LogP contribution in [0.25, 0.3) is 0 Å². The average molecular weight is 230 g/mol. The van der Waals surface area contributed by atoms with Gasteiger partial charge in [-0.15, -0.1) is 0 Å². The maximum absolute atomic E-state index is 5.79. The molecule has 0 saturated carbocycles. The van der Waals surface area contributed by atoms with Crippen molar-refractivity contribution in [3.8, 4) is 0 Å². The van der Waals surface area contributed by atoms with Crippen LogP contribution >= 0.6 is 0 Å². The molecule has 17 heavy (non-hydrogen) atoms. The van der Waals surface area contributed by atoms with E-state index in [2.05, 4.69) is 20.9 Å². The number of aryl methyl sites for hydroxylation is 2. The molecule has 3 N–H and O–H groups in total.